The summed E-state index contributed by atoms with van der Waals surface area (Å²) in [5.41, 5.74) is 3.30. The van der Waals surface area contributed by atoms with Crippen LogP contribution in [0.5, 0.6) is 0 Å². The van der Waals surface area contributed by atoms with Crippen molar-refractivity contribution in [1.29, 1.82) is 0 Å². The third-order valence-corrected chi connectivity index (χ3v) is 6.08. The number of piperidine rings is 1. The number of imide groups is 1. The van der Waals surface area contributed by atoms with Crippen molar-refractivity contribution < 1.29 is 14.4 Å². The van der Waals surface area contributed by atoms with Crippen LogP contribution in [0.1, 0.15) is 62.0 Å². The normalized spacial score (nSPS) is 17.3. The molecule has 0 atom stereocenters. The molecule has 156 valence electrons. The van der Waals surface area contributed by atoms with Crippen LogP contribution in [0.2, 0.25) is 0 Å². The van der Waals surface area contributed by atoms with Crippen LogP contribution in [0.15, 0.2) is 42.5 Å². The Morgan fingerprint density at radius 3 is 2.47 bits per heavy atom. The van der Waals surface area contributed by atoms with Crippen molar-refractivity contribution in [3.63, 3.8) is 0 Å². The van der Waals surface area contributed by atoms with Gasteiger partial charge in [0.05, 0.1) is 11.1 Å². The van der Waals surface area contributed by atoms with Crippen LogP contribution in [0.3, 0.4) is 0 Å². The van der Waals surface area contributed by atoms with Gasteiger partial charge in [0, 0.05) is 25.7 Å². The summed E-state index contributed by atoms with van der Waals surface area (Å²) in [4.78, 5) is 40.3. The fourth-order valence-corrected chi connectivity index (χ4v) is 4.10. The van der Waals surface area contributed by atoms with Crippen molar-refractivity contribution in [2.24, 2.45) is 5.92 Å². The molecule has 1 saturated heterocycles. The molecule has 2 aliphatic heterocycles. The SMILES string of the molecule is CC1CCN(Cc2cccc(CNC(=O)c3ccc4c(c3)C(=O)N(C)C4=O)c2)CC1. The van der Waals surface area contributed by atoms with Gasteiger partial charge in [0.1, 0.15) is 0 Å². The number of fused-ring (bicyclic) bond motifs is 1. The van der Waals surface area contributed by atoms with Gasteiger partial charge in [-0.05, 0) is 61.2 Å². The number of carbonyl (C=O) groups excluding carboxylic acids is 3. The van der Waals surface area contributed by atoms with E-state index in [1.807, 2.05) is 12.1 Å². The number of benzene rings is 2. The minimum Gasteiger partial charge on any atom is -0.348 e. The fraction of sp³-hybridized carbons (Fsp3) is 0.375. The summed E-state index contributed by atoms with van der Waals surface area (Å²) in [5.74, 6) is -0.148. The van der Waals surface area contributed by atoms with E-state index < -0.39 is 0 Å². The van der Waals surface area contributed by atoms with Crippen molar-refractivity contribution in [2.45, 2.75) is 32.9 Å². The zero-order valence-electron chi connectivity index (χ0n) is 17.5. The Hall–Kier alpha value is -2.99. The van der Waals surface area contributed by atoms with Crippen LogP contribution >= 0.6 is 0 Å². The first kappa shape index (κ1) is 20.3. The molecule has 0 bridgehead atoms. The number of rotatable bonds is 5. The maximum Gasteiger partial charge on any atom is 0.261 e. The molecular weight excluding hydrogens is 378 g/mol. The van der Waals surface area contributed by atoms with Crippen molar-refractivity contribution in [2.75, 3.05) is 20.1 Å². The number of hydrogen-bond acceptors (Lipinski definition) is 4. The molecule has 3 amide bonds. The van der Waals surface area contributed by atoms with Gasteiger partial charge in [-0.1, -0.05) is 31.2 Å². The molecule has 2 heterocycles. The molecule has 1 N–H and O–H groups in total. The number of amides is 3. The molecule has 1 fully saturated rings. The number of nitrogens with one attached hydrogen (secondary N) is 1. The molecule has 2 aromatic carbocycles. The van der Waals surface area contributed by atoms with E-state index in [4.69, 9.17) is 0 Å². The monoisotopic (exact) mass is 405 g/mol. The molecule has 0 unspecified atom stereocenters. The van der Waals surface area contributed by atoms with E-state index in [9.17, 15) is 14.4 Å². The summed E-state index contributed by atoms with van der Waals surface area (Å²) >= 11 is 0. The minimum absolute atomic E-state index is 0.261. The van der Waals surface area contributed by atoms with Gasteiger partial charge in [0.25, 0.3) is 17.7 Å². The van der Waals surface area contributed by atoms with Crippen molar-refractivity contribution in [1.82, 2.24) is 15.1 Å². The molecule has 0 radical (unpaired) electrons. The summed E-state index contributed by atoms with van der Waals surface area (Å²) in [7, 11) is 1.45. The topological polar surface area (TPSA) is 69.7 Å². The van der Waals surface area contributed by atoms with Crippen LogP contribution in [0, 0.1) is 5.92 Å². The highest BCUT2D eigenvalue weighted by molar-refractivity contribution is 6.21. The lowest BCUT2D eigenvalue weighted by atomic mass is 9.98. The Balaban J connectivity index is 1.38. The molecule has 4 rings (SSSR count). The molecule has 0 saturated carbocycles. The maximum absolute atomic E-state index is 12.6. The highest BCUT2D eigenvalue weighted by atomic mass is 16.2. The van der Waals surface area contributed by atoms with Gasteiger partial charge in [-0.25, -0.2) is 0 Å². The average Bonchev–Trinajstić information content (AvgIpc) is 2.97. The second kappa shape index (κ2) is 8.40. The van der Waals surface area contributed by atoms with Crippen molar-refractivity contribution in [3.8, 4) is 0 Å². The van der Waals surface area contributed by atoms with E-state index >= 15 is 0 Å². The zero-order chi connectivity index (χ0) is 21.3. The Kier molecular flexibility index (Phi) is 5.68. The summed E-state index contributed by atoms with van der Waals surface area (Å²) in [6.07, 6.45) is 2.50. The van der Waals surface area contributed by atoms with E-state index in [1.54, 1.807) is 12.1 Å². The highest BCUT2D eigenvalue weighted by Gasteiger charge is 2.33. The van der Waals surface area contributed by atoms with E-state index in [0.717, 1.165) is 36.0 Å². The van der Waals surface area contributed by atoms with Gasteiger partial charge in [0.2, 0.25) is 0 Å². The van der Waals surface area contributed by atoms with E-state index in [1.165, 1.54) is 31.5 Å². The smallest absolute Gasteiger partial charge is 0.261 e. The van der Waals surface area contributed by atoms with Crippen LogP contribution in [0.25, 0.3) is 0 Å². The lowest BCUT2D eigenvalue weighted by Crippen LogP contribution is -2.32. The van der Waals surface area contributed by atoms with Crippen LogP contribution in [-0.2, 0) is 13.1 Å². The third-order valence-electron chi connectivity index (χ3n) is 6.08. The molecule has 2 aromatic rings. The second-order valence-electron chi connectivity index (χ2n) is 8.39. The van der Waals surface area contributed by atoms with E-state index in [-0.39, 0.29) is 23.3 Å². The highest BCUT2D eigenvalue weighted by Crippen LogP contribution is 2.23. The van der Waals surface area contributed by atoms with Gasteiger partial charge in [-0.15, -0.1) is 0 Å². The lowest BCUT2D eigenvalue weighted by Gasteiger charge is -2.30. The number of nitrogens with zero attached hydrogens (tertiary/aromatic N) is 2. The van der Waals surface area contributed by atoms with Crippen molar-refractivity contribution in [3.05, 3.63) is 70.3 Å². The Morgan fingerprint density at radius 1 is 1.00 bits per heavy atom. The zero-order valence-corrected chi connectivity index (χ0v) is 17.5. The van der Waals surface area contributed by atoms with E-state index in [0.29, 0.717) is 17.7 Å². The molecule has 0 aromatic heterocycles. The molecule has 0 aliphatic carbocycles. The molecule has 0 spiro atoms. The first-order chi connectivity index (χ1) is 14.4. The molecule has 6 nitrogen and oxygen atoms in total. The largest absolute Gasteiger partial charge is 0.348 e. The predicted octanol–water partition coefficient (Wildman–Crippen LogP) is 3.07. The summed E-state index contributed by atoms with van der Waals surface area (Å²) in [6, 6.07) is 12.9. The van der Waals surface area contributed by atoms with Gasteiger partial charge in [-0.2, -0.15) is 0 Å². The Bertz CT molecular complexity index is 993. The van der Waals surface area contributed by atoms with Crippen LogP contribution in [-0.4, -0.2) is 47.7 Å². The van der Waals surface area contributed by atoms with Gasteiger partial charge < -0.3 is 5.32 Å². The number of hydrogen-bond donors (Lipinski definition) is 1. The Morgan fingerprint density at radius 2 is 1.70 bits per heavy atom. The number of likely N-dealkylation sites (tertiary alicyclic amines) is 1. The third kappa shape index (κ3) is 4.14. The number of carbonyl (C=O) groups is 3. The molecular formula is C24H27N3O3. The second-order valence-corrected chi connectivity index (χ2v) is 8.39. The standard InChI is InChI=1S/C24H27N3O3/c1-16-8-10-27(11-9-16)15-18-5-3-4-17(12-18)14-25-22(28)19-6-7-20-21(13-19)24(30)26(2)23(20)29/h3-7,12-13,16H,8-11,14-15H2,1-2H3,(H,25,28). The fourth-order valence-electron chi connectivity index (χ4n) is 4.10. The summed E-state index contributed by atoms with van der Waals surface area (Å²) < 4.78 is 0. The van der Waals surface area contributed by atoms with Gasteiger partial charge >= 0.3 is 0 Å². The minimum atomic E-state index is -0.371. The predicted molar refractivity (Wildman–Crippen MR) is 114 cm³/mol. The molecule has 6 heteroatoms. The molecule has 2 aliphatic rings. The molecule has 30 heavy (non-hydrogen) atoms. The first-order valence-corrected chi connectivity index (χ1v) is 10.5. The summed E-state index contributed by atoms with van der Waals surface area (Å²) in [5, 5.41) is 2.92. The quantitative estimate of drug-likeness (QED) is 0.777. The average molecular weight is 405 g/mol. The first-order valence-electron chi connectivity index (χ1n) is 10.5. The Labute approximate surface area is 176 Å². The van der Waals surface area contributed by atoms with Crippen LogP contribution in [0.4, 0.5) is 0 Å². The lowest BCUT2D eigenvalue weighted by molar-refractivity contribution is 0.0693. The van der Waals surface area contributed by atoms with Gasteiger partial charge in [0.15, 0.2) is 0 Å². The summed E-state index contributed by atoms with van der Waals surface area (Å²) in [6.45, 7) is 5.93. The maximum atomic E-state index is 12.6. The van der Waals surface area contributed by atoms with Gasteiger partial charge in [-0.3, -0.25) is 24.2 Å². The van der Waals surface area contributed by atoms with Crippen LogP contribution < -0.4 is 5.32 Å². The van der Waals surface area contributed by atoms with E-state index in [2.05, 4.69) is 29.3 Å². The van der Waals surface area contributed by atoms with Crippen molar-refractivity contribution >= 4 is 17.7 Å².